The van der Waals surface area contributed by atoms with Crippen molar-refractivity contribution in [2.45, 2.75) is 125 Å². The molecule has 0 spiro atoms. The minimum atomic E-state index is -1.80. The standard InChI is InChI=1S/C69H65N5O17/c70-72-71-62-53(73-63(77)46-30-16-17-31-47(46)64(73)78)60(83-36-43-24-10-3-11-25-43)58(50(86-62)38-81-34-41-20-6-1-7-21-41)90-68-54(74-65(79)48-32-18-19-33-49(48)66(74)80)61(84-37-44-26-12-4-13-27-44)59(51(87-68)39-82-35-42-22-8-2-9-23-42)91-69-56(76)55(75)57-52(88-69)40-85-67(89-57)45-28-14-5-15-29-45/h1-33,50-62,67-69,75-76H,34-40H2/t50-,51-,52+,53-,54-,55+,56-,57+,58-,59-,60-,61-,62-,67?,68+,69-/m1/s1. The molecular formula is C69H65N5O17. The number of amides is 4. The predicted octanol–water partition coefficient (Wildman–Crippen LogP) is 8.01. The van der Waals surface area contributed by atoms with Crippen LogP contribution in [0.3, 0.4) is 0 Å². The Labute approximate surface area is 523 Å². The summed E-state index contributed by atoms with van der Waals surface area (Å²) in [5.41, 5.74) is 14.2. The number of hydrogen-bond acceptors (Lipinski definition) is 18. The zero-order valence-corrected chi connectivity index (χ0v) is 49.0. The molecule has 468 valence electrons. The number of azide groups is 1. The number of benzene rings is 7. The number of hydrogen-bond donors (Lipinski definition) is 2. The third-order valence-electron chi connectivity index (χ3n) is 17.0. The number of ether oxygens (including phenoxy) is 11. The van der Waals surface area contributed by atoms with Crippen LogP contribution in [-0.4, -0.2) is 155 Å². The van der Waals surface area contributed by atoms with E-state index in [9.17, 15) is 25.3 Å². The van der Waals surface area contributed by atoms with Crippen molar-refractivity contribution < 1.29 is 81.5 Å². The van der Waals surface area contributed by atoms with E-state index in [0.29, 0.717) is 16.7 Å². The van der Waals surface area contributed by atoms with E-state index in [1.807, 2.05) is 152 Å². The quantitative estimate of drug-likeness (QED) is 0.0282. The number of nitrogens with zero attached hydrogens (tertiary/aromatic N) is 5. The van der Waals surface area contributed by atoms with E-state index in [-0.39, 0.29) is 68.5 Å². The van der Waals surface area contributed by atoms with Gasteiger partial charge >= 0.3 is 0 Å². The average Bonchev–Trinajstić information content (AvgIpc) is 1.73. The second-order valence-electron chi connectivity index (χ2n) is 22.8. The molecule has 7 aromatic carbocycles. The van der Waals surface area contributed by atoms with Crippen molar-refractivity contribution in [3.8, 4) is 0 Å². The first-order valence-electron chi connectivity index (χ1n) is 30.1. The number of rotatable bonds is 22. The number of carbonyl (C=O) groups excluding carboxylic acids is 4. The zero-order valence-electron chi connectivity index (χ0n) is 49.0. The van der Waals surface area contributed by atoms with Crippen LogP contribution in [0.4, 0.5) is 0 Å². The third kappa shape index (κ3) is 13.0. The van der Waals surface area contributed by atoms with Crippen molar-refractivity contribution >= 4 is 23.6 Å². The molecular weight excluding hydrogens is 1170 g/mol. The smallest absolute Gasteiger partial charge is 0.262 e. The van der Waals surface area contributed by atoms with Crippen LogP contribution in [0.25, 0.3) is 10.4 Å². The van der Waals surface area contributed by atoms with Gasteiger partial charge < -0.3 is 62.3 Å². The fraction of sp³-hybridized carbons (Fsp3) is 0.333. The Kier molecular flexibility index (Phi) is 18.9. The van der Waals surface area contributed by atoms with Gasteiger partial charge in [-0.15, -0.1) is 0 Å². The molecule has 4 fully saturated rings. The Bertz CT molecular complexity index is 3640. The first kappa shape index (κ1) is 61.5. The molecule has 1 unspecified atom stereocenters. The molecule has 6 heterocycles. The molecule has 6 aliphatic rings. The molecule has 6 aliphatic heterocycles. The third-order valence-corrected chi connectivity index (χ3v) is 17.0. The van der Waals surface area contributed by atoms with E-state index in [1.54, 1.807) is 24.3 Å². The van der Waals surface area contributed by atoms with Gasteiger partial charge in [0.2, 0.25) is 0 Å². The summed E-state index contributed by atoms with van der Waals surface area (Å²) in [4.78, 5) is 65.6. The summed E-state index contributed by atoms with van der Waals surface area (Å²) >= 11 is 0. The number of aliphatic hydroxyl groups is 2. The van der Waals surface area contributed by atoms with Crippen LogP contribution >= 0.6 is 0 Å². The molecule has 4 amide bonds. The van der Waals surface area contributed by atoms with Gasteiger partial charge in [-0.05, 0) is 52.1 Å². The highest BCUT2D eigenvalue weighted by Crippen LogP contribution is 2.43. The molecule has 2 N–H and O–H groups in total. The van der Waals surface area contributed by atoms with Crippen LogP contribution in [0, 0.1) is 0 Å². The summed E-state index contributed by atoms with van der Waals surface area (Å²) in [6.45, 7) is -0.915. The lowest BCUT2D eigenvalue weighted by Crippen LogP contribution is -2.71. The highest BCUT2D eigenvalue weighted by atomic mass is 16.8. The van der Waals surface area contributed by atoms with Crippen molar-refractivity contribution in [3.05, 3.63) is 261 Å². The van der Waals surface area contributed by atoms with Crippen LogP contribution in [0.15, 0.2) is 205 Å². The van der Waals surface area contributed by atoms with Crippen LogP contribution < -0.4 is 0 Å². The van der Waals surface area contributed by atoms with Gasteiger partial charge in [-0.2, -0.15) is 0 Å². The van der Waals surface area contributed by atoms with E-state index < -0.39 is 122 Å². The lowest BCUT2D eigenvalue weighted by atomic mass is 9.92. The maximum Gasteiger partial charge on any atom is 0.262 e. The molecule has 13 rings (SSSR count). The molecule has 0 radical (unpaired) electrons. The van der Waals surface area contributed by atoms with Crippen molar-refractivity contribution in [1.29, 1.82) is 0 Å². The van der Waals surface area contributed by atoms with Gasteiger partial charge in [-0.3, -0.25) is 29.0 Å². The SMILES string of the molecule is [N-]=[N+]=N[C@@H]1O[C@H](COCc2ccccc2)[C@@H](O[C@@H]2O[C@H](COCc3ccccc3)[C@@H](O[C@H]3O[C@H]4COC(c5ccccc5)O[C@@H]4[C@@H](O)[C@H]3O)[C@H](OCc3ccccc3)[C@H]2N2C(=O)c3ccccc3C2=O)[C@H](OCc2ccccc2)[C@H]1N1C(=O)c2ccccc2C1=O. The second-order valence-corrected chi connectivity index (χ2v) is 22.8. The van der Waals surface area contributed by atoms with E-state index >= 15 is 9.59 Å². The summed E-state index contributed by atoms with van der Waals surface area (Å²) < 4.78 is 74.5. The molecule has 4 saturated heterocycles. The van der Waals surface area contributed by atoms with Gasteiger partial charge in [0.15, 0.2) is 25.1 Å². The Hall–Kier alpha value is -8.39. The largest absolute Gasteiger partial charge is 0.387 e. The van der Waals surface area contributed by atoms with Crippen molar-refractivity contribution in [2.75, 3.05) is 19.8 Å². The van der Waals surface area contributed by atoms with Crippen LogP contribution in [-0.2, 0) is 78.5 Å². The monoisotopic (exact) mass is 1240 g/mol. The molecule has 7 aromatic rings. The molecule has 22 nitrogen and oxygen atoms in total. The van der Waals surface area contributed by atoms with Gasteiger partial charge in [0, 0.05) is 10.5 Å². The van der Waals surface area contributed by atoms with Gasteiger partial charge in [0.25, 0.3) is 23.6 Å². The lowest BCUT2D eigenvalue weighted by molar-refractivity contribution is -0.388. The van der Waals surface area contributed by atoms with Crippen molar-refractivity contribution in [1.82, 2.24) is 9.80 Å². The normalized spacial score (nSPS) is 29.5. The molecule has 16 atom stereocenters. The fourth-order valence-electron chi connectivity index (χ4n) is 12.6. The topological polar surface area (TPSA) is 266 Å². The Morgan fingerprint density at radius 3 is 1.34 bits per heavy atom. The average molecular weight is 1240 g/mol. The fourth-order valence-corrected chi connectivity index (χ4v) is 12.6. The van der Waals surface area contributed by atoms with Crippen molar-refractivity contribution in [2.24, 2.45) is 5.11 Å². The van der Waals surface area contributed by atoms with Gasteiger partial charge in [0.05, 0.1) is 68.5 Å². The van der Waals surface area contributed by atoms with Crippen LogP contribution in [0.1, 0.15) is 75.5 Å². The van der Waals surface area contributed by atoms with E-state index in [4.69, 9.17) is 52.1 Å². The first-order valence-corrected chi connectivity index (χ1v) is 30.1. The summed E-state index contributed by atoms with van der Waals surface area (Å²) in [5.74, 6) is -2.96. The molecule has 22 heteroatoms. The predicted molar refractivity (Wildman–Crippen MR) is 321 cm³/mol. The lowest BCUT2D eigenvalue weighted by Gasteiger charge is -2.53. The Morgan fingerprint density at radius 1 is 0.462 bits per heavy atom. The number of carbonyl (C=O) groups is 4. The molecule has 0 saturated carbocycles. The van der Waals surface area contributed by atoms with Gasteiger partial charge in [-0.1, -0.05) is 181 Å². The van der Waals surface area contributed by atoms with Gasteiger partial charge in [-0.25, -0.2) is 0 Å². The van der Waals surface area contributed by atoms with E-state index in [1.165, 1.54) is 24.3 Å². The molecule has 0 aliphatic carbocycles. The molecule has 0 bridgehead atoms. The Balaban J connectivity index is 0.940. The summed E-state index contributed by atoms with van der Waals surface area (Å²) in [5, 5.41) is 28.4. The minimum absolute atomic E-state index is 0.0497. The second kappa shape index (κ2) is 28.0. The molecule has 91 heavy (non-hydrogen) atoms. The molecule has 0 aromatic heterocycles. The van der Waals surface area contributed by atoms with Gasteiger partial charge in [0.1, 0.15) is 73.1 Å². The van der Waals surface area contributed by atoms with E-state index in [0.717, 1.165) is 20.9 Å². The summed E-state index contributed by atoms with van der Waals surface area (Å²) in [6.07, 6.45) is -20.1. The Morgan fingerprint density at radius 2 is 0.868 bits per heavy atom. The summed E-state index contributed by atoms with van der Waals surface area (Å²) in [6, 6.07) is 55.3. The maximum atomic E-state index is 15.4. The first-order chi connectivity index (χ1) is 44.6. The minimum Gasteiger partial charge on any atom is -0.387 e. The van der Waals surface area contributed by atoms with Crippen LogP contribution in [0.2, 0.25) is 0 Å². The number of imide groups is 2. The summed E-state index contributed by atoms with van der Waals surface area (Å²) in [7, 11) is 0. The zero-order chi connectivity index (χ0) is 62.4. The number of fused-ring (bicyclic) bond motifs is 3. The van der Waals surface area contributed by atoms with Crippen LogP contribution in [0.5, 0.6) is 0 Å². The van der Waals surface area contributed by atoms with Crippen molar-refractivity contribution in [3.63, 3.8) is 0 Å². The van der Waals surface area contributed by atoms with E-state index in [2.05, 4.69) is 10.0 Å². The highest BCUT2D eigenvalue weighted by molar-refractivity contribution is 6.22. The number of aliphatic hydroxyl groups excluding tert-OH is 2. The maximum absolute atomic E-state index is 15.4. The highest BCUT2D eigenvalue weighted by Gasteiger charge is 2.61.